The quantitative estimate of drug-likeness (QED) is 0.530. The molecular formula is C8H14O. The molecule has 9 heavy (non-hydrogen) atoms. The zero-order valence-electron chi connectivity index (χ0n) is 5.71. The van der Waals surface area contributed by atoms with Crippen molar-refractivity contribution in [2.24, 2.45) is 5.92 Å². The van der Waals surface area contributed by atoms with Crippen molar-refractivity contribution in [1.29, 1.82) is 0 Å². The maximum atomic E-state index is 9.30. The number of rotatable bonds is 1. The molecule has 1 heteroatoms. The van der Waals surface area contributed by atoms with Crippen molar-refractivity contribution < 1.29 is 5.11 Å². The van der Waals surface area contributed by atoms with Gasteiger partial charge in [-0.2, -0.15) is 0 Å². The van der Waals surface area contributed by atoms with E-state index in [9.17, 15) is 5.11 Å². The van der Waals surface area contributed by atoms with Gasteiger partial charge >= 0.3 is 0 Å². The van der Waals surface area contributed by atoms with E-state index >= 15 is 0 Å². The van der Waals surface area contributed by atoms with Gasteiger partial charge in [-0.15, -0.1) is 6.58 Å². The first kappa shape index (κ1) is 6.81. The molecule has 0 spiro atoms. The monoisotopic (exact) mass is 126 g/mol. The Morgan fingerprint density at radius 2 is 2.00 bits per heavy atom. The number of aliphatic hydroxyl groups is 1. The van der Waals surface area contributed by atoms with E-state index in [1.54, 1.807) is 0 Å². The van der Waals surface area contributed by atoms with Crippen molar-refractivity contribution >= 4 is 0 Å². The molecule has 0 aromatic carbocycles. The first-order valence-corrected chi connectivity index (χ1v) is 3.65. The van der Waals surface area contributed by atoms with Crippen molar-refractivity contribution in [1.82, 2.24) is 0 Å². The van der Waals surface area contributed by atoms with Gasteiger partial charge in [-0.1, -0.05) is 18.9 Å². The van der Waals surface area contributed by atoms with Crippen molar-refractivity contribution in [3.63, 3.8) is 0 Å². The minimum atomic E-state index is -0.101. The van der Waals surface area contributed by atoms with E-state index in [-0.39, 0.29) is 6.10 Å². The highest BCUT2D eigenvalue weighted by Crippen LogP contribution is 2.24. The van der Waals surface area contributed by atoms with Gasteiger partial charge in [0, 0.05) is 5.92 Å². The summed E-state index contributed by atoms with van der Waals surface area (Å²) in [7, 11) is 0. The third kappa shape index (κ3) is 1.55. The fourth-order valence-electron chi connectivity index (χ4n) is 1.41. The lowest BCUT2D eigenvalue weighted by Crippen LogP contribution is -2.22. The lowest BCUT2D eigenvalue weighted by molar-refractivity contribution is 0.0929. The molecule has 0 aromatic heterocycles. The summed E-state index contributed by atoms with van der Waals surface area (Å²) in [5, 5.41) is 9.30. The van der Waals surface area contributed by atoms with Crippen LogP contribution in [-0.4, -0.2) is 11.2 Å². The molecule has 52 valence electrons. The van der Waals surface area contributed by atoms with Gasteiger partial charge in [-0.05, 0) is 12.8 Å². The standard InChI is InChI=1S/C8H14O/c1-2-7-5-3-4-6-8(7)9/h2,7-9H,1,3-6H2/t7-,8-/m0/s1. The molecule has 1 fully saturated rings. The SMILES string of the molecule is C=C[C@H]1CCCC[C@@H]1O. The van der Waals surface area contributed by atoms with E-state index in [4.69, 9.17) is 0 Å². The van der Waals surface area contributed by atoms with Crippen molar-refractivity contribution in [2.45, 2.75) is 31.8 Å². The third-order valence-corrected chi connectivity index (χ3v) is 2.08. The van der Waals surface area contributed by atoms with Gasteiger partial charge < -0.3 is 5.11 Å². The Morgan fingerprint density at radius 1 is 1.33 bits per heavy atom. The van der Waals surface area contributed by atoms with E-state index in [0.29, 0.717) is 5.92 Å². The van der Waals surface area contributed by atoms with Gasteiger partial charge in [0.25, 0.3) is 0 Å². The summed E-state index contributed by atoms with van der Waals surface area (Å²) < 4.78 is 0. The molecule has 2 atom stereocenters. The Morgan fingerprint density at radius 3 is 2.44 bits per heavy atom. The van der Waals surface area contributed by atoms with Crippen LogP contribution < -0.4 is 0 Å². The Hall–Kier alpha value is -0.300. The molecule has 0 amide bonds. The van der Waals surface area contributed by atoms with Crippen molar-refractivity contribution in [3.05, 3.63) is 12.7 Å². The second-order valence-electron chi connectivity index (χ2n) is 2.75. The Bertz CT molecular complexity index is 98.7. The van der Waals surface area contributed by atoms with E-state index in [1.807, 2.05) is 6.08 Å². The van der Waals surface area contributed by atoms with Crippen LogP contribution in [-0.2, 0) is 0 Å². The average Bonchev–Trinajstić information content (AvgIpc) is 1.89. The van der Waals surface area contributed by atoms with Crippen LogP contribution in [0.3, 0.4) is 0 Å². The van der Waals surface area contributed by atoms with Gasteiger partial charge in [-0.3, -0.25) is 0 Å². The largest absolute Gasteiger partial charge is 0.393 e. The lowest BCUT2D eigenvalue weighted by Gasteiger charge is -2.24. The zero-order valence-corrected chi connectivity index (χ0v) is 5.71. The molecule has 1 saturated carbocycles. The minimum absolute atomic E-state index is 0.101. The van der Waals surface area contributed by atoms with Crippen molar-refractivity contribution in [2.75, 3.05) is 0 Å². The third-order valence-electron chi connectivity index (χ3n) is 2.08. The van der Waals surface area contributed by atoms with Crippen LogP contribution in [0.2, 0.25) is 0 Å². The Labute approximate surface area is 56.4 Å². The van der Waals surface area contributed by atoms with E-state index < -0.39 is 0 Å². The second kappa shape index (κ2) is 3.02. The van der Waals surface area contributed by atoms with Crippen molar-refractivity contribution in [3.8, 4) is 0 Å². The summed E-state index contributed by atoms with van der Waals surface area (Å²) in [6, 6.07) is 0. The summed E-state index contributed by atoms with van der Waals surface area (Å²) in [5.41, 5.74) is 0. The molecule has 0 radical (unpaired) electrons. The average molecular weight is 126 g/mol. The van der Waals surface area contributed by atoms with Crippen LogP contribution in [0, 0.1) is 5.92 Å². The molecule has 0 bridgehead atoms. The first-order chi connectivity index (χ1) is 4.34. The molecule has 1 aliphatic rings. The van der Waals surface area contributed by atoms with Crippen LogP contribution in [0.15, 0.2) is 12.7 Å². The van der Waals surface area contributed by atoms with Gasteiger partial charge in [0.1, 0.15) is 0 Å². The molecule has 0 saturated heterocycles. The number of hydrogen-bond acceptors (Lipinski definition) is 1. The van der Waals surface area contributed by atoms with Crippen LogP contribution in [0.1, 0.15) is 25.7 Å². The van der Waals surface area contributed by atoms with Crippen LogP contribution in [0.5, 0.6) is 0 Å². The maximum Gasteiger partial charge on any atom is 0.0602 e. The van der Waals surface area contributed by atoms with E-state index in [0.717, 1.165) is 12.8 Å². The molecule has 0 heterocycles. The van der Waals surface area contributed by atoms with Crippen LogP contribution in [0.25, 0.3) is 0 Å². The topological polar surface area (TPSA) is 20.2 Å². The molecule has 0 unspecified atom stereocenters. The molecule has 1 nitrogen and oxygen atoms in total. The second-order valence-corrected chi connectivity index (χ2v) is 2.75. The molecule has 1 rings (SSSR count). The smallest absolute Gasteiger partial charge is 0.0602 e. The normalized spacial score (nSPS) is 36.1. The highest BCUT2D eigenvalue weighted by Gasteiger charge is 2.19. The zero-order chi connectivity index (χ0) is 6.69. The number of aliphatic hydroxyl groups excluding tert-OH is 1. The summed E-state index contributed by atoms with van der Waals surface area (Å²) in [5.74, 6) is 0.374. The Balaban J connectivity index is 2.38. The van der Waals surface area contributed by atoms with E-state index in [1.165, 1.54) is 12.8 Å². The van der Waals surface area contributed by atoms with Gasteiger partial charge in [-0.25, -0.2) is 0 Å². The molecule has 1 N–H and O–H groups in total. The van der Waals surface area contributed by atoms with Crippen LogP contribution >= 0.6 is 0 Å². The number of hydrogen-bond donors (Lipinski definition) is 1. The van der Waals surface area contributed by atoms with Crippen LogP contribution in [0.4, 0.5) is 0 Å². The fraction of sp³-hybridized carbons (Fsp3) is 0.750. The summed E-state index contributed by atoms with van der Waals surface area (Å²) in [6.45, 7) is 3.67. The molecule has 0 aromatic rings. The highest BCUT2D eigenvalue weighted by molar-refractivity contribution is 4.87. The molecule has 1 aliphatic carbocycles. The highest BCUT2D eigenvalue weighted by atomic mass is 16.3. The fourth-order valence-corrected chi connectivity index (χ4v) is 1.41. The first-order valence-electron chi connectivity index (χ1n) is 3.65. The molecular weight excluding hydrogens is 112 g/mol. The lowest BCUT2D eigenvalue weighted by atomic mass is 9.87. The van der Waals surface area contributed by atoms with Gasteiger partial charge in [0.05, 0.1) is 6.10 Å². The van der Waals surface area contributed by atoms with Gasteiger partial charge in [0.2, 0.25) is 0 Å². The predicted octanol–water partition coefficient (Wildman–Crippen LogP) is 1.72. The predicted molar refractivity (Wildman–Crippen MR) is 38.2 cm³/mol. The molecule has 0 aliphatic heterocycles. The summed E-state index contributed by atoms with van der Waals surface area (Å²) in [6.07, 6.45) is 6.32. The minimum Gasteiger partial charge on any atom is -0.393 e. The van der Waals surface area contributed by atoms with E-state index in [2.05, 4.69) is 6.58 Å². The summed E-state index contributed by atoms with van der Waals surface area (Å²) in [4.78, 5) is 0. The van der Waals surface area contributed by atoms with Gasteiger partial charge in [0.15, 0.2) is 0 Å². The Kier molecular flexibility index (Phi) is 2.29. The maximum absolute atomic E-state index is 9.30. The summed E-state index contributed by atoms with van der Waals surface area (Å²) >= 11 is 0.